The molecular formula is C16H21FN4O2. The van der Waals surface area contributed by atoms with Gasteiger partial charge in [0.15, 0.2) is 0 Å². The second-order valence-electron chi connectivity index (χ2n) is 5.24. The Bertz CT molecular complexity index is 621. The van der Waals surface area contributed by atoms with E-state index in [-0.39, 0.29) is 30.2 Å². The minimum Gasteiger partial charge on any atom is -0.403 e. The molecule has 0 radical (unpaired) electrons. The van der Waals surface area contributed by atoms with Gasteiger partial charge < -0.3 is 4.42 Å². The SMILES string of the molecule is CCCN(CCC)CC(=O)Nc1nnc(-c2ccc(F)cc2)o1. The second-order valence-corrected chi connectivity index (χ2v) is 5.24. The lowest BCUT2D eigenvalue weighted by Gasteiger charge is -2.19. The Morgan fingerprint density at radius 1 is 1.17 bits per heavy atom. The van der Waals surface area contributed by atoms with E-state index >= 15 is 0 Å². The normalized spacial score (nSPS) is 11.0. The summed E-state index contributed by atoms with van der Waals surface area (Å²) in [5.74, 6) is -0.297. The zero-order valence-corrected chi connectivity index (χ0v) is 13.4. The summed E-state index contributed by atoms with van der Waals surface area (Å²) in [6.07, 6.45) is 1.98. The van der Waals surface area contributed by atoms with Gasteiger partial charge in [-0.05, 0) is 50.2 Å². The molecule has 1 N–H and O–H groups in total. The van der Waals surface area contributed by atoms with Crippen molar-refractivity contribution in [1.29, 1.82) is 0 Å². The van der Waals surface area contributed by atoms with Crippen LogP contribution in [0.2, 0.25) is 0 Å². The maximum atomic E-state index is 12.9. The van der Waals surface area contributed by atoms with E-state index in [0.717, 1.165) is 25.9 Å². The molecule has 0 aliphatic rings. The van der Waals surface area contributed by atoms with Crippen LogP contribution >= 0.6 is 0 Å². The van der Waals surface area contributed by atoms with Crippen LogP contribution in [0.5, 0.6) is 0 Å². The zero-order valence-electron chi connectivity index (χ0n) is 13.4. The van der Waals surface area contributed by atoms with Crippen LogP contribution in [0.4, 0.5) is 10.4 Å². The molecule has 0 spiro atoms. The molecule has 7 heteroatoms. The van der Waals surface area contributed by atoms with Crippen molar-refractivity contribution in [2.24, 2.45) is 0 Å². The standard InChI is InChI=1S/C16H21FN4O2/c1-3-9-21(10-4-2)11-14(22)18-16-20-19-15(23-16)12-5-7-13(17)8-6-12/h5-8H,3-4,9-11H2,1-2H3,(H,18,20,22). The van der Waals surface area contributed by atoms with Crippen molar-refractivity contribution in [3.8, 4) is 11.5 Å². The summed E-state index contributed by atoms with van der Waals surface area (Å²) in [5.41, 5.74) is 0.595. The van der Waals surface area contributed by atoms with Crippen molar-refractivity contribution in [3.05, 3.63) is 30.1 Å². The van der Waals surface area contributed by atoms with Gasteiger partial charge in [0.2, 0.25) is 11.8 Å². The Morgan fingerprint density at radius 2 is 1.83 bits per heavy atom. The molecule has 0 unspecified atom stereocenters. The van der Waals surface area contributed by atoms with Gasteiger partial charge in [-0.15, -0.1) is 5.10 Å². The molecule has 23 heavy (non-hydrogen) atoms. The third kappa shape index (κ3) is 5.14. The first-order valence-electron chi connectivity index (χ1n) is 7.74. The molecule has 6 nitrogen and oxygen atoms in total. The highest BCUT2D eigenvalue weighted by Crippen LogP contribution is 2.19. The molecule has 0 fully saturated rings. The number of carbonyl (C=O) groups excluding carboxylic acids is 1. The van der Waals surface area contributed by atoms with Crippen LogP contribution in [0.25, 0.3) is 11.5 Å². The Kier molecular flexibility index (Phi) is 6.22. The first kappa shape index (κ1) is 17.1. The molecule has 2 aromatic rings. The van der Waals surface area contributed by atoms with E-state index in [9.17, 15) is 9.18 Å². The lowest BCUT2D eigenvalue weighted by molar-refractivity contribution is -0.117. The van der Waals surface area contributed by atoms with E-state index in [1.807, 2.05) is 0 Å². The summed E-state index contributed by atoms with van der Waals surface area (Å²) in [6, 6.07) is 5.75. The van der Waals surface area contributed by atoms with E-state index < -0.39 is 0 Å². The van der Waals surface area contributed by atoms with Gasteiger partial charge in [0.25, 0.3) is 0 Å². The van der Waals surface area contributed by atoms with E-state index in [1.54, 1.807) is 12.1 Å². The Morgan fingerprint density at radius 3 is 2.43 bits per heavy atom. The fourth-order valence-corrected chi connectivity index (χ4v) is 2.25. The lowest BCUT2D eigenvalue weighted by atomic mass is 10.2. The molecule has 124 valence electrons. The number of anilines is 1. The van der Waals surface area contributed by atoms with Crippen molar-refractivity contribution >= 4 is 11.9 Å². The highest BCUT2D eigenvalue weighted by Gasteiger charge is 2.14. The number of nitrogens with zero attached hydrogens (tertiary/aromatic N) is 3. The zero-order chi connectivity index (χ0) is 16.7. The fraction of sp³-hybridized carbons (Fsp3) is 0.438. The van der Waals surface area contributed by atoms with Crippen molar-refractivity contribution in [1.82, 2.24) is 15.1 Å². The van der Waals surface area contributed by atoms with Crippen molar-refractivity contribution in [2.75, 3.05) is 25.0 Å². The molecule has 0 aliphatic heterocycles. The maximum absolute atomic E-state index is 12.9. The minimum absolute atomic E-state index is 0.0438. The third-order valence-electron chi connectivity index (χ3n) is 3.21. The van der Waals surface area contributed by atoms with Crippen LogP contribution in [0.15, 0.2) is 28.7 Å². The average Bonchev–Trinajstić information content (AvgIpc) is 2.96. The largest absolute Gasteiger partial charge is 0.403 e. The number of nitrogens with one attached hydrogen (secondary N) is 1. The highest BCUT2D eigenvalue weighted by molar-refractivity contribution is 5.90. The Balaban J connectivity index is 1.95. The van der Waals surface area contributed by atoms with Crippen LogP contribution in [-0.2, 0) is 4.79 Å². The summed E-state index contributed by atoms with van der Waals surface area (Å²) in [7, 11) is 0. The smallest absolute Gasteiger partial charge is 0.322 e. The summed E-state index contributed by atoms with van der Waals surface area (Å²) < 4.78 is 18.3. The van der Waals surface area contributed by atoms with Gasteiger partial charge in [-0.1, -0.05) is 18.9 Å². The molecule has 1 aromatic carbocycles. The van der Waals surface area contributed by atoms with Crippen LogP contribution < -0.4 is 5.32 Å². The second kappa shape index (κ2) is 8.38. The molecule has 1 amide bonds. The molecule has 0 aliphatic carbocycles. The number of amides is 1. The molecule has 0 atom stereocenters. The predicted molar refractivity (Wildman–Crippen MR) is 85.3 cm³/mol. The number of benzene rings is 1. The van der Waals surface area contributed by atoms with Gasteiger partial charge in [-0.25, -0.2) is 4.39 Å². The Hall–Kier alpha value is -2.28. The lowest BCUT2D eigenvalue weighted by Crippen LogP contribution is -2.34. The summed E-state index contributed by atoms with van der Waals surface area (Å²) in [5, 5.41) is 10.2. The van der Waals surface area contributed by atoms with Crippen LogP contribution in [0, 0.1) is 5.82 Å². The Labute approximate surface area is 134 Å². The molecule has 1 heterocycles. The fourth-order valence-electron chi connectivity index (χ4n) is 2.25. The summed E-state index contributed by atoms with van der Waals surface area (Å²) in [6.45, 7) is 6.18. The monoisotopic (exact) mass is 320 g/mol. The van der Waals surface area contributed by atoms with E-state index in [1.165, 1.54) is 12.1 Å². The predicted octanol–water partition coefficient (Wildman–Crippen LogP) is 2.94. The molecule has 0 saturated carbocycles. The van der Waals surface area contributed by atoms with Crippen molar-refractivity contribution in [2.45, 2.75) is 26.7 Å². The van der Waals surface area contributed by atoms with Gasteiger partial charge in [0.1, 0.15) is 5.82 Å². The van der Waals surface area contributed by atoms with Gasteiger partial charge in [-0.3, -0.25) is 15.0 Å². The van der Waals surface area contributed by atoms with E-state index in [4.69, 9.17) is 4.42 Å². The first-order valence-corrected chi connectivity index (χ1v) is 7.74. The average molecular weight is 320 g/mol. The summed E-state index contributed by atoms with van der Waals surface area (Å²) in [4.78, 5) is 14.1. The van der Waals surface area contributed by atoms with Crippen LogP contribution in [0.1, 0.15) is 26.7 Å². The quantitative estimate of drug-likeness (QED) is 0.809. The van der Waals surface area contributed by atoms with E-state index in [2.05, 4.69) is 34.3 Å². The van der Waals surface area contributed by atoms with Crippen LogP contribution in [0.3, 0.4) is 0 Å². The molecule has 2 rings (SSSR count). The summed E-state index contributed by atoms with van der Waals surface area (Å²) >= 11 is 0. The topological polar surface area (TPSA) is 71.3 Å². The molecule has 0 saturated heterocycles. The number of rotatable bonds is 8. The minimum atomic E-state index is -0.339. The molecule has 0 bridgehead atoms. The van der Waals surface area contributed by atoms with Gasteiger partial charge >= 0.3 is 6.01 Å². The molecule has 1 aromatic heterocycles. The number of hydrogen-bond acceptors (Lipinski definition) is 5. The third-order valence-corrected chi connectivity index (χ3v) is 3.21. The van der Waals surface area contributed by atoms with E-state index in [0.29, 0.717) is 5.56 Å². The van der Waals surface area contributed by atoms with Gasteiger partial charge in [-0.2, -0.15) is 0 Å². The number of hydrogen-bond donors (Lipinski definition) is 1. The molecular weight excluding hydrogens is 299 g/mol. The highest BCUT2D eigenvalue weighted by atomic mass is 19.1. The van der Waals surface area contributed by atoms with Crippen molar-refractivity contribution < 1.29 is 13.6 Å². The number of halogens is 1. The van der Waals surface area contributed by atoms with Crippen LogP contribution in [-0.4, -0.2) is 40.6 Å². The number of aromatic nitrogens is 2. The first-order chi connectivity index (χ1) is 11.1. The number of carbonyl (C=O) groups is 1. The van der Waals surface area contributed by atoms with Gasteiger partial charge in [0, 0.05) is 5.56 Å². The van der Waals surface area contributed by atoms with Crippen molar-refractivity contribution in [3.63, 3.8) is 0 Å². The maximum Gasteiger partial charge on any atom is 0.322 e. The van der Waals surface area contributed by atoms with Gasteiger partial charge in [0.05, 0.1) is 6.54 Å².